The minimum Gasteiger partial charge on any atom is -0.508 e. The van der Waals surface area contributed by atoms with Gasteiger partial charge in [-0.1, -0.05) is 109 Å². The lowest BCUT2D eigenvalue weighted by Crippen LogP contribution is -2.37. The van der Waals surface area contributed by atoms with Crippen molar-refractivity contribution in [3.05, 3.63) is 57.6 Å². The van der Waals surface area contributed by atoms with Gasteiger partial charge in [-0.15, -0.1) is 0 Å². The third kappa shape index (κ3) is 5.10. The highest BCUT2D eigenvalue weighted by atomic mass is 16.3. The molecule has 0 heterocycles. The number of benzene rings is 2. The predicted molar refractivity (Wildman–Crippen MR) is 143 cm³/mol. The molecule has 0 aliphatic heterocycles. The van der Waals surface area contributed by atoms with Crippen LogP contribution in [0.15, 0.2) is 24.3 Å². The Bertz CT molecular complexity index is 957. The summed E-state index contributed by atoms with van der Waals surface area (Å²) in [6, 6.07) is 7.63. The third-order valence-corrected chi connectivity index (χ3v) is 6.69. The van der Waals surface area contributed by atoms with E-state index in [1.165, 1.54) is 16.7 Å². The van der Waals surface area contributed by atoms with Gasteiger partial charge in [0.05, 0.1) is 0 Å². The summed E-state index contributed by atoms with van der Waals surface area (Å²) in [6.45, 7) is 31.4. The lowest BCUT2D eigenvalue weighted by molar-refractivity contribution is 0.397. The highest BCUT2D eigenvalue weighted by Crippen LogP contribution is 2.55. The van der Waals surface area contributed by atoms with Gasteiger partial charge in [0, 0.05) is 16.5 Å². The Balaban J connectivity index is 3.37. The van der Waals surface area contributed by atoms with Gasteiger partial charge in [0.15, 0.2) is 0 Å². The molecule has 0 radical (unpaired) electrons. The van der Waals surface area contributed by atoms with Crippen LogP contribution >= 0.6 is 0 Å². The van der Waals surface area contributed by atoms with Crippen molar-refractivity contribution in [2.45, 2.75) is 124 Å². The minimum atomic E-state index is -0.341. The van der Waals surface area contributed by atoms with Crippen LogP contribution in [0.1, 0.15) is 130 Å². The van der Waals surface area contributed by atoms with E-state index in [1.807, 2.05) is 12.1 Å². The van der Waals surface area contributed by atoms with Crippen LogP contribution in [0.25, 0.3) is 0 Å². The van der Waals surface area contributed by atoms with Gasteiger partial charge >= 0.3 is 0 Å². The molecule has 2 aromatic rings. The molecule has 184 valence electrons. The molecule has 0 fully saturated rings. The second-order valence-corrected chi connectivity index (χ2v) is 14.4. The van der Waals surface area contributed by atoms with Crippen LogP contribution in [0.3, 0.4) is 0 Å². The Hall–Kier alpha value is -1.96. The van der Waals surface area contributed by atoms with Crippen LogP contribution in [-0.4, -0.2) is 10.2 Å². The molecule has 0 atom stereocenters. The Morgan fingerprint density at radius 3 is 1.00 bits per heavy atom. The van der Waals surface area contributed by atoms with E-state index in [1.54, 1.807) is 12.1 Å². The van der Waals surface area contributed by atoms with Crippen LogP contribution in [0, 0.1) is 0 Å². The zero-order valence-corrected chi connectivity index (χ0v) is 23.7. The summed E-state index contributed by atoms with van der Waals surface area (Å²) < 4.78 is 0. The summed E-state index contributed by atoms with van der Waals surface area (Å²) in [5, 5.41) is 22.0. The van der Waals surface area contributed by atoms with Crippen LogP contribution in [0.4, 0.5) is 0 Å². The molecule has 0 aromatic heterocycles. The lowest BCUT2D eigenvalue weighted by Gasteiger charge is -2.45. The molecule has 0 spiro atoms. The summed E-state index contributed by atoms with van der Waals surface area (Å²) in [5.74, 6) is 0.730. The maximum atomic E-state index is 12.0. The molecular weight excluding hydrogens is 404 g/mol. The van der Waals surface area contributed by atoms with Gasteiger partial charge in [0.1, 0.15) is 11.5 Å². The molecule has 0 aliphatic rings. The van der Waals surface area contributed by atoms with E-state index >= 15 is 0 Å². The van der Waals surface area contributed by atoms with Gasteiger partial charge in [-0.2, -0.15) is 0 Å². The molecule has 2 N–H and O–H groups in total. The first-order valence-corrected chi connectivity index (χ1v) is 12.3. The number of phenols is 2. The summed E-state index contributed by atoms with van der Waals surface area (Å²) in [7, 11) is 0. The van der Waals surface area contributed by atoms with Crippen molar-refractivity contribution in [3.8, 4) is 11.5 Å². The SMILES string of the molecule is CC(C)(C)c1c(O)c(C(C)(C)C)c(C(C)(C)C)c(C(C)(C)c2ccc(O)cc2)c1C(C)(C)C. The number of hydrogen-bond donors (Lipinski definition) is 2. The molecule has 2 heteroatoms. The average Bonchev–Trinajstić information content (AvgIpc) is 2.56. The molecule has 0 unspecified atom stereocenters. The quantitative estimate of drug-likeness (QED) is 0.479. The Morgan fingerprint density at radius 2 is 0.727 bits per heavy atom. The van der Waals surface area contributed by atoms with Crippen molar-refractivity contribution >= 4 is 0 Å². The number of phenolic OH excluding ortho intramolecular Hbond substituents is 2. The largest absolute Gasteiger partial charge is 0.508 e. The summed E-state index contributed by atoms with van der Waals surface area (Å²) in [5.41, 5.74) is 5.87. The van der Waals surface area contributed by atoms with Gasteiger partial charge in [-0.25, -0.2) is 0 Å². The summed E-state index contributed by atoms with van der Waals surface area (Å²) in [6.07, 6.45) is 0. The second-order valence-electron chi connectivity index (χ2n) is 14.4. The molecule has 33 heavy (non-hydrogen) atoms. The minimum absolute atomic E-state index is 0.181. The van der Waals surface area contributed by atoms with E-state index in [0.717, 1.165) is 16.7 Å². The van der Waals surface area contributed by atoms with Gasteiger partial charge in [-0.05, 0) is 56.0 Å². The molecular formula is C31H48O2. The van der Waals surface area contributed by atoms with Gasteiger partial charge in [0.25, 0.3) is 0 Å². The Labute approximate surface area is 203 Å². The number of rotatable bonds is 2. The molecule has 0 amide bonds. The van der Waals surface area contributed by atoms with Crippen LogP contribution < -0.4 is 0 Å². The van der Waals surface area contributed by atoms with Gasteiger partial charge in [0.2, 0.25) is 0 Å². The standard InChI is InChI=1S/C31H48O2/c1-27(2,3)21-23(31(13,14)19-15-17-20(32)18-16-19)22(28(4,5)6)25(30(10,11)12)26(33)24(21)29(7,8)9/h15-18,32-33H,1-14H3. The molecule has 0 bridgehead atoms. The van der Waals surface area contributed by atoms with E-state index in [2.05, 4.69) is 96.9 Å². The predicted octanol–water partition coefficient (Wildman–Crippen LogP) is 8.61. The smallest absolute Gasteiger partial charge is 0.123 e. The van der Waals surface area contributed by atoms with E-state index in [-0.39, 0.29) is 32.8 Å². The third-order valence-electron chi connectivity index (χ3n) is 6.69. The fourth-order valence-electron chi connectivity index (χ4n) is 5.34. The van der Waals surface area contributed by atoms with Crippen LogP contribution in [0.2, 0.25) is 0 Å². The maximum absolute atomic E-state index is 12.0. The molecule has 2 nitrogen and oxygen atoms in total. The zero-order chi connectivity index (χ0) is 25.9. The monoisotopic (exact) mass is 452 g/mol. The van der Waals surface area contributed by atoms with E-state index in [9.17, 15) is 10.2 Å². The normalized spacial score (nSPS) is 14.0. The first-order chi connectivity index (χ1) is 14.5. The Kier molecular flexibility index (Phi) is 6.67. The van der Waals surface area contributed by atoms with Crippen LogP contribution in [0.5, 0.6) is 11.5 Å². The molecule has 0 aliphatic carbocycles. The van der Waals surface area contributed by atoms with Crippen molar-refractivity contribution in [1.82, 2.24) is 0 Å². The van der Waals surface area contributed by atoms with Crippen molar-refractivity contribution in [1.29, 1.82) is 0 Å². The summed E-state index contributed by atoms with van der Waals surface area (Å²) in [4.78, 5) is 0. The zero-order valence-electron chi connectivity index (χ0n) is 23.7. The summed E-state index contributed by atoms with van der Waals surface area (Å²) >= 11 is 0. The number of hydrogen-bond acceptors (Lipinski definition) is 2. The van der Waals surface area contributed by atoms with Crippen molar-refractivity contribution in [2.75, 3.05) is 0 Å². The van der Waals surface area contributed by atoms with Crippen molar-refractivity contribution in [3.63, 3.8) is 0 Å². The van der Waals surface area contributed by atoms with Crippen molar-refractivity contribution < 1.29 is 10.2 Å². The van der Waals surface area contributed by atoms with Gasteiger partial charge in [-0.3, -0.25) is 0 Å². The van der Waals surface area contributed by atoms with E-state index in [0.29, 0.717) is 5.75 Å². The fraction of sp³-hybridized carbons (Fsp3) is 0.613. The second kappa shape index (κ2) is 8.07. The first kappa shape index (κ1) is 27.3. The molecule has 0 saturated heterocycles. The van der Waals surface area contributed by atoms with Crippen molar-refractivity contribution in [2.24, 2.45) is 0 Å². The van der Waals surface area contributed by atoms with E-state index in [4.69, 9.17) is 0 Å². The molecule has 2 rings (SSSR count). The highest BCUT2D eigenvalue weighted by molar-refractivity contribution is 5.66. The van der Waals surface area contributed by atoms with Crippen LogP contribution in [-0.2, 0) is 27.1 Å². The Morgan fingerprint density at radius 1 is 0.424 bits per heavy atom. The highest BCUT2D eigenvalue weighted by Gasteiger charge is 2.44. The average molecular weight is 453 g/mol. The maximum Gasteiger partial charge on any atom is 0.123 e. The first-order valence-electron chi connectivity index (χ1n) is 12.3. The van der Waals surface area contributed by atoms with Gasteiger partial charge < -0.3 is 10.2 Å². The molecule has 0 saturated carbocycles. The fourth-order valence-corrected chi connectivity index (χ4v) is 5.34. The topological polar surface area (TPSA) is 40.5 Å². The number of aromatic hydroxyl groups is 2. The van der Waals surface area contributed by atoms with E-state index < -0.39 is 0 Å². The molecule has 2 aromatic carbocycles. The lowest BCUT2D eigenvalue weighted by atomic mass is 9.59.